The molecule has 0 atom stereocenters. The maximum absolute atomic E-state index is 3.53. The van der Waals surface area contributed by atoms with Gasteiger partial charge in [-0.25, -0.2) is 0 Å². The molecule has 16 rings (SSSR count). The summed E-state index contributed by atoms with van der Waals surface area (Å²) in [4.78, 5) is 4.87. The van der Waals surface area contributed by atoms with Gasteiger partial charge in [-0.15, -0.1) is 0 Å². The monoisotopic (exact) mass is 1000 g/mol. The molecule has 0 bridgehead atoms. The first kappa shape index (κ1) is 44.7. The normalized spacial score (nSPS) is 12.2. The van der Waals surface area contributed by atoms with Gasteiger partial charge in [0.15, 0.2) is 0 Å². The van der Waals surface area contributed by atoms with Crippen LogP contribution in [0.25, 0.3) is 105 Å². The summed E-state index contributed by atoms with van der Waals surface area (Å²) in [6, 6.07) is 100. The van der Waals surface area contributed by atoms with E-state index in [4.69, 9.17) is 0 Å². The lowest BCUT2D eigenvalue weighted by Gasteiger charge is -2.27. The van der Waals surface area contributed by atoms with Crippen LogP contribution in [0.3, 0.4) is 0 Å². The van der Waals surface area contributed by atoms with Crippen molar-refractivity contribution in [3.05, 3.63) is 273 Å². The van der Waals surface area contributed by atoms with Crippen molar-refractivity contribution < 1.29 is 0 Å². The third kappa shape index (κ3) is 6.69. The van der Waals surface area contributed by atoms with Crippen molar-refractivity contribution in [3.63, 3.8) is 0 Å². The summed E-state index contributed by atoms with van der Waals surface area (Å²) >= 11 is 3.53. The van der Waals surface area contributed by atoms with E-state index in [0.717, 1.165) is 73.3 Å². The van der Waals surface area contributed by atoms with E-state index in [9.17, 15) is 0 Å². The van der Waals surface area contributed by atoms with Crippen molar-refractivity contribution >= 4 is 90.4 Å². The minimum atomic E-state index is 1.10. The molecule has 0 aliphatic carbocycles. The van der Waals surface area contributed by atoms with E-state index in [2.05, 4.69) is 309 Å². The Bertz CT molecular complexity index is 4330. The zero-order valence-corrected chi connectivity index (χ0v) is 43.1. The number of aromatic nitrogens is 3. The molecule has 3 aromatic heterocycles. The van der Waals surface area contributed by atoms with Gasteiger partial charge < -0.3 is 23.5 Å². The summed E-state index contributed by atoms with van der Waals surface area (Å²) in [7, 11) is 0. The van der Waals surface area contributed by atoms with Gasteiger partial charge in [-0.3, -0.25) is 0 Å². The fourth-order valence-corrected chi connectivity index (χ4v) is 12.7. The zero-order chi connectivity index (χ0) is 51.1. The molecule has 2 aliphatic rings. The van der Waals surface area contributed by atoms with Crippen LogP contribution in [-0.2, 0) is 0 Å². The van der Waals surface area contributed by atoms with E-state index in [-0.39, 0.29) is 0 Å². The Morgan fingerprint density at radius 3 is 0.961 bits per heavy atom. The van der Waals surface area contributed by atoms with Crippen molar-refractivity contribution in [2.75, 3.05) is 16.1 Å². The lowest BCUT2D eigenvalue weighted by atomic mass is 9.98. The molecule has 5 nitrogen and oxygen atoms in total. The molecule has 0 saturated carbocycles. The lowest BCUT2D eigenvalue weighted by Crippen LogP contribution is -2.11. The predicted octanol–water partition coefficient (Wildman–Crippen LogP) is 19.5. The van der Waals surface area contributed by atoms with Crippen molar-refractivity contribution in [3.8, 4) is 61.8 Å². The Morgan fingerprint density at radius 2 is 0.545 bits per heavy atom. The van der Waals surface area contributed by atoms with Crippen LogP contribution in [0.5, 0.6) is 0 Å². The molecule has 6 heteroatoms. The van der Waals surface area contributed by atoms with Crippen LogP contribution in [0.1, 0.15) is 0 Å². The molecule has 0 spiro atoms. The van der Waals surface area contributed by atoms with E-state index in [1.165, 1.54) is 66.3 Å². The number of rotatable bonds is 5. The highest BCUT2D eigenvalue weighted by molar-refractivity contribution is 7.79. The highest BCUT2D eigenvalue weighted by Crippen LogP contribution is 2.56. The van der Waals surface area contributed by atoms with Crippen LogP contribution in [0.4, 0.5) is 34.1 Å². The Balaban J connectivity index is 0.00000256. The van der Waals surface area contributed by atoms with Crippen LogP contribution in [-0.4, -0.2) is 20.0 Å². The second kappa shape index (κ2) is 18.0. The van der Waals surface area contributed by atoms with E-state index in [0.29, 0.717) is 0 Å². The average Bonchev–Trinajstić information content (AvgIpc) is 4.30. The number of hydrogen-bond acceptors (Lipinski definition) is 3. The first-order valence-corrected chi connectivity index (χ1v) is 27.1. The molecule has 0 amide bonds. The molecule has 0 saturated heterocycles. The fraction of sp³-hybridized carbons (Fsp3) is 0.0141. The molecule has 2 aliphatic heterocycles. The van der Waals surface area contributed by atoms with Gasteiger partial charge in [0.2, 0.25) is 0 Å². The summed E-state index contributed by atoms with van der Waals surface area (Å²) in [5.74, 6) is 0. The minimum absolute atomic E-state index is 1.10. The summed E-state index contributed by atoms with van der Waals surface area (Å²) < 4.78 is 7.49. The molecule has 0 unspecified atom stereocenters. The van der Waals surface area contributed by atoms with Crippen molar-refractivity contribution in [2.24, 2.45) is 0 Å². The standard InChI is InChI=1S/C70H45N5.CH4S/c1-4-22-46(23-5-1)71-59-34-16-10-28-51(59)67-53-30-12-18-36-61(53)74(69(67)55-32-14-20-38-63(55)71)49-40-42-65-57(44-49)58-45-50(41-43-66(58)73(65)48-26-8-3-9-27-48)75-62-37-19-13-31-54(62)68-52-29-11-17-35-60(52)72(47-24-6-2-7-25-47)64-39-21-15-33-56(64)70(68)75;1-2/h1-45H;2H,1H3. The number of nitrogens with zero attached hydrogens (tertiary/aromatic N) is 5. The van der Waals surface area contributed by atoms with Gasteiger partial charge in [-0.2, -0.15) is 12.6 Å². The third-order valence-electron chi connectivity index (χ3n) is 15.7. The molecule has 0 N–H and O–H groups in total. The van der Waals surface area contributed by atoms with Crippen LogP contribution in [0.2, 0.25) is 0 Å². The summed E-state index contributed by atoms with van der Waals surface area (Å²) in [6.07, 6.45) is 1.69. The number of fused-ring (bicyclic) bond motifs is 17. The van der Waals surface area contributed by atoms with E-state index >= 15 is 0 Å². The van der Waals surface area contributed by atoms with Gasteiger partial charge in [-0.05, 0) is 115 Å². The van der Waals surface area contributed by atoms with Gasteiger partial charge in [0, 0.05) is 83.4 Å². The molecular formula is C71H49N5S. The van der Waals surface area contributed by atoms with Crippen LogP contribution in [0.15, 0.2) is 273 Å². The van der Waals surface area contributed by atoms with E-state index in [1.807, 2.05) is 0 Å². The summed E-state index contributed by atoms with van der Waals surface area (Å²) in [5, 5.41) is 4.78. The van der Waals surface area contributed by atoms with Gasteiger partial charge in [0.05, 0.1) is 56.2 Å². The van der Waals surface area contributed by atoms with Crippen molar-refractivity contribution in [1.29, 1.82) is 0 Å². The Hall–Kier alpha value is -9.75. The molecule has 364 valence electrons. The second-order valence-electron chi connectivity index (χ2n) is 19.6. The summed E-state index contributed by atoms with van der Waals surface area (Å²) in [6.45, 7) is 0. The van der Waals surface area contributed by atoms with Crippen LogP contribution in [0, 0.1) is 0 Å². The zero-order valence-electron chi connectivity index (χ0n) is 42.2. The van der Waals surface area contributed by atoms with Crippen LogP contribution >= 0.6 is 12.6 Å². The molecule has 0 radical (unpaired) electrons. The fourth-order valence-electron chi connectivity index (χ4n) is 12.7. The Labute approximate surface area is 452 Å². The Kier molecular flexibility index (Phi) is 10.4. The largest absolute Gasteiger partial charge is 0.309 e. The average molecular weight is 1000 g/mol. The SMILES string of the molecule is CS.c1ccc(N2c3ccccc3-c3c(n(-c4ccc5c(c4)c4cc(-n6c7c(c8ccccc86)-c6ccccc6N(c6ccccc6)c6ccccc6-7)ccc4n5-c4ccccc4)c4ccccc34)-c3ccccc32)cc1. The molecule has 11 aromatic carbocycles. The maximum atomic E-state index is 3.53. The van der Waals surface area contributed by atoms with Gasteiger partial charge in [0.1, 0.15) is 0 Å². The number of anilines is 6. The number of para-hydroxylation sites is 9. The van der Waals surface area contributed by atoms with Gasteiger partial charge in [-0.1, -0.05) is 164 Å². The lowest BCUT2D eigenvalue weighted by molar-refractivity contribution is 1.13. The minimum Gasteiger partial charge on any atom is -0.309 e. The third-order valence-corrected chi connectivity index (χ3v) is 15.7. The number of thiol groups is 1. The topological polar surface area (TPSA) is 21.3 Å². The van der Waals surface area contributed by atoms with Crippen molar-refractivity contribution in [2.45, 2.75) is 0 Å². The van der Waals surface area contributed by atoms with E-state index < -0.39 is 0 Å². The smallest absolute Gasteiger partial charge is 0.0641 e. The molecule has 5 heterocycles. The highest BCUT2D eigenvalue weighted by Gasteiger charge is 2.33. The number of hydrogen-bond donors (Lipinski definition) is 1. The van der Waals surface area contributed by atoms with Crippen LogP contribution < -0.4 is 9.80 Å². The molecule has 14 aromatic rings. The Morgan fingerprint density at radius 1 is 0.234 bits per heavy atom. The summed E-state index contributed by atoms with van der Waals surface area (Å²) in [5.41, 5.74) is 24.3. The number of benzene rings is 11. The second-order valence-corrected chi connectivity index (χ2v) is 19.6. The first-order valence-electron chi connectivity index (χ1n) is 26.2. The molecule has 0 fully saturated rings. The van der Waals surface area contributed by atoms with Gasteiger partial charge >= 0.3 is 0 Å². The predicted molar refractivity (Wildman–Crippen MR) is 328 cm³/mol. The van der Waals surface area contributed by atoms with E-state index in [1.54, 1.807) is 6.26 Å². The van der Waals surface area contributed by atoms with Gasteiger partial charge in [0.25, 0.3) is 0 Å². The quantitative estimate of drug-likeness (QED) is 0.174. The highest BCUT2D eigenvalue weighted by atomic mass is 32.1. The maximum Gasteiger partial charge on any atom is 0.0641 e. The van der Waals surface area contributed by atoms with Crippen molar-refractivity contribution in [1.82, 2.24) is 13.7 Å². The first-order chi connectivity index (χ1) is 38.3. The molecule has 77 heavy (non-hydrogen) atoms. The molecular weight excluding hydrogens is 955 g/mol.